The number of aromatic nitrogens is 1. The van der Waals surface area contributed by atoms with E-state index >= 15 is 0 Å². The maximum Gasteiger partial charge on any atom is 0.238 e. The van der Waals surface area contributed by atoms with E-state index in [0.29, 0.717) is 18.5 Å². The van der Waals surface area contributed by atoms with Crippen molar-refractivity contribution in [2.24, 2.45) is 10.9 Å². The number of nitrogens with zero attached hydrogens (tertiary/aromatic N) is 2. The van der Waals surface area contributed by atoms with Gasteiger partial charge in [-0.05, 0) is 61.7 Å². The summed E-state index contributed by atoms with van der Waals surface area (Å²) in [7, 11) is -3.79. The van der Waals surface area contributed by atoms with Crippen LogP contribution < -0.4 is 10.9 Å². The highest BCUT2D eigenvalue weighted by Crippen LogP contribution is 2.26. The van der Waals surface area contributed by atoms with Gasteiger partial charge in [0, 0.05) is 29.2 Å². The van der Waals surface area contributed by atoms with E-state index in [2.05, 4.69) is 0 Å². The number of aryl methyl sites for hydroxylation is 1. The molecule has 1 aliphatic heterocycles. The lowest BCUT2D eigenvalue weighted by Crippen LogP contribution is -2.50. The molecule has 0 saturated carbocycles. The van der Waals surface area contributed by atoms with Crippen molar-refractivity contribution < 1.29 is 18.0 Å². The molecule has 9 heteroatoms. The van der Waals surface area contributed by atoms with Crippen LogP contribution in [0.3, 0.4) is 0 Å². The van der Waals surface area contributed by atoms with Gasteiger partial charge in [0.15, 0.2) is 5.78 Å². The molecule has 2 aromatic carbocycles. The third-order valence-electron chi connectivity index (χ3n) is 6.18. The number of fused-ring (bicyclic) bond motifs is 1. The second-order valence-electron chi connectivity index (χ2n) is 8.38. The number of sulfonamides is 1. The summed E-state index contributed by atoms with van der Waals surface area (Å²) in [6, 6.07) is 15.3. The zero-order valence-corrected chi connectivity index (χ0v) is 19.3. The molecule has 0 saturated heterocycles. The first kappa shape index (κ1) is 22.9. The number of primary amides is 1. The number of amides is 1. The van der Waals surface area contributed by atoms with Gasteiger partial charge < -0.3 is 10.3 Å². The van der Waals surface area contributed by atoms with Crippen LogP contribution in [-0.4, -0.2) is 42.2 Å². The van der Waals surface area contributed by atoms with Crippen LogP contribution in [0.4, 0.5) is 0 Å². The smallest absolute Gasteiger partial charge is 0.238 e. The molecule has 33 heavy (non-hydrogen) atoms. The Morgan fingerprint density at radius 2 is 1.67 bits per heavy atom. The molecule has 1 atom stereocenters. The molecule has 8 nitrogen and oxygen atoms in total. The largest absolute Gasteiger partial charge is 0.368 e. The van der Waals surface area contributed by atoms with Crippen LogP contribution in [0.5, 0.6) is 0 Å². The normalized spacial score (nSPS) is 16.4. The molecule has 2 heterocycles. The molecule has 4 rings (SSSR count). The van der Waals surface area contributed by atoms with Gasteiger partial charge in [0.2, 0.25) is 15.9 Å². The summed E-state index contributed by atoms with van der Waals surface area (Å²) in [6.45, 7) is 4.26. The van der Waals surface area contributed by atoms with Gasteiger partial charge in [-0.1, -0.05) is 24.3 Å². The van der Waals surface area contributed by atoms with Gasteiger partial charge in [0.05, 0.1) is 17.5 Å². The summed E-state index contributed by atoms with van der Waals surface area (Å²) in [6.07, 6.45) is 0.480. The molecule has 0 bridgehead atoms. The zero-order valence-electron chi connectivity index (χ0n) is 18.5. The number of carbonyl (C=O) groups is 2. The number of hydrogen-bond acceptors (Lipinski definition) is 5. The zero-order chi connectivity index (χ0) is 23.9. The molecular weight excluding hydrogens is 440 g/mol. The molecule has 0 fully saturated rings. The van der Waals surface area contributed by atoms with Gasteiger partial charge >= 0.3 is 0 Å². The fraction of sp³-hybridized carbons (Fsp3) is 0.250. The van der Waals surface area contributed by atoms with Crippen LogP contribution in [0, 0.1) is 13.8 Å². The van der Waals surface area contributed by atoms with Crippen LogP contribution in [0.15, 0.2) is 59.5 Å². The SMILES string of the molecule is Cc1cc(C(=O)CN2Cc3ccccc3CC2C(N)=O)c(C)n1-c1ccc(S(N)(=O)=O)cc1. The summed E-state index contributed by atoms with van der Waals surface area (Å²) >= 11 is 0. The van der Waals surface area contributed by atoms with E-state index in [1.807, 2.05) is 53.6 Å². The Morgan fingerprint density at radius 3 is 2.27 bits per heavy atom. The first-order valence-electron chi connectivity index (χ1n) is 10.5. The molecule has 0 spiro atoms. The number of benzene rings is 2. The van der Waals surface area contributed by atoms with Crippen molar-refractivity contribution in [3.63, 3.8) is 0 Å². The Kier molecular flexibility index (Phi) is 5.96. The Bertz CT molecular complexity index is 1340. The van der Waals surface area contributed by atoms with Crippen LogP contribution in [0.2, 0.25) is 0 Å². The van der Waals surface area contributed by atoms with E-state index in [9.17, 15) is 18.0 Å². The van der Waals surface area contributed by atoms with E-state index in [1.54, 1.807) is 12.1 Å². The van der Waals surface area contributed by atoms with Gasteiger partial charge in [0.25, 0.3) is 0 Å². The van der Waals surface area contributed by atoms with E-state index < -0.39 is 22.0 Å². The van der Waals surface area contributed by atoms with Gasteiger partial charge in [-0.2, -0.15) is 0 Å². The first-order chi connectivity index (χ1) is 15.6. The third-order valence-corrected chi connectivity index (χ3v) is 7.11. The summed E-state index contributed by atoms with van der Waals surface area (Å²) in [5.74, 6) is -0.557. The van der Waals surface area contributed by atoms with Gasteiger partial charge in [-0.3, -0.25) is 14.5 Å². The second kappa shape index (κ2) is 8.58. The maximum absolute atomic E-state index is 13.3. The molecule has 1 amide bonds. The van der Waals surface area contributed by atoms with E-state index in [0.717, 1.165) is 28.2 Å². The summed E-state index contributed by atoms with van der Waals surface area (Å²) in [4.78, 5) is 27.3. The highest BCUT2D eigenvalue weighted by Gasteiger charge is 2.32. The Hall–Kier alpha value is -3.27. The predicted molar refractivity (Wildman–Crippen MR) is 124 cm³/mol. The lowest BCUT2D eigenvalue weighted by atomic mass is 9.93. The van der Waals surface area contributed by atoms with Crippen molar-refractivity contribution in [3.8, 4) is 5.69 Å². The lowest BCUT2D eigenvalue weighted by Gasteiger charge is -2.34. The number of Topliss-reactive ketones (excluding diaryl/α,β-unsaturated/α-hetero) is 1. The molecule has 1 aliphatic rings. The van der Waals surface area contributed by atoms with Crippen molar-refractivity contribution in [1.29, 1.82) is 0 Å². The molecule has 4 N–H and O–H groups in total. The number of rotatable bonds is 6. The molecule has 3 aromatic rings. The Morgan fingerprint density at radius 1 is 1.03 bits per heavy atom. The standard InChI is InChI=1S/C24H26N4O4S/c1-15-11-21(16(2)28(15)19-7-9-20(10-8-19)33(26,31)32)23(29)14-27-13-18-6-4-3-5-17(18)12-22(27)24(25)30/h3-11,22H,12-14H2,1-2H3,(H2,25,30)(H2,26,31,32). The molecule has 0 radical (unpaired) electrons. The van der Waals surface area contributed by atoms with Crippen LogP contribution in [-0.2, 0) is 27.8 Å². The van der Waals surface area contributed by atoms with Crippen LogP contribution in [0.25, 0.3) is 5.69 Å². The van der Waals surface area contributed by atoms with Gasteiger partial charge in [-0.15, -0.1) is 0 Å². The minimum absolute atomic E-state index is 0.0212. The second-order valence-corrected chi connectivity index (χ2v) is 9.94. The number of hydrogen-bond donors (Lipinski definition) is 2. The number of primary sulfonamides is 1. The number of nitrogens with two attached hydrogens (primary N) is 2. The predicted octanol–water partition coefficient (Wildman–Crippen LogP) is 1.84. The van der Waals surface area contributed by atoms with Crippen LogP contribution >= 0.6 is 0 Å². The van der Waals surface area contributed by atoms with Crippen molar-refractivity contribution in [1.82, 2.24) is 9.47 Å². The highest BCUT2D eigenvalue weighted by atomic mass is 32.2. The summed E-state index contributed by atoms with van der Waals surface area (Å²) in [5, 5.41) is 5.18. The number of ketones is 1. The van der Waals surface area contributed by atoms with Crippen molar-refractivity contribution in [3.05, 3.63) is 82.7 Å². The van der Waals surface area contributed by atoms with Crippen molar-refractivity contribution >= 4 is 21.7 Å². The minimum atomic E-state index is -3.79. The van der Waals surface area contributed by atoms with Crippen molar-refractivity contribution in [2.45, 2.75) is 37.8 Å². The first-order valence-corrected chi connectivity index (χ1v) is 12.1. The summed E-state index contributed by atoms with van der Waals surface area (Å²) < 4.78 is 25.0. The average Bonchev–Trinajstić information content (AvgIpc) is 3.06. The molecule has 0 aliphatic carbocycles. The fourth-order valence-corrected chi connectivity index (χ4v) is 5.04. The third kappa shape index (κ3) is 4.47. The number of carbonyl (C=O) groups excluding carboxylic acids is 2. The Balaban J connectivity index is 1.61. The molecule has 1 unspecified atom stereocenters. The summed E-state index contributed by atoms with van der Waals surface area (Å²) in [5.41, 5.74) is 10.6. The van der Waals surface area contributed by atoms with Gasteiger partial charge in [-0.25, -0.2) is 13.6 Å². The molecule has 1 aromatic heterocycles. The van der Waals surface area contributed by atoms with E-state index in [1.165, 1.54) is 12.1 Å². The lowest BCUT2D eigenvalue weighted by molar-refractivity contribution is -0.123. The monoisotopic (exact) mass is 466 g/mol. The van der Waals surface area contributed by atoms with E-state index in [-0.39, 0.29) is 17.2 Å². The van der Waals surface area contributed by atoms with E-state index in [4.69, 9.17) is 10.9 Å². The topological polar surface area (TPSA) is 128 Å². The molecular formula is C24H26N4O4S. The quantitative estimate of drug-likeness (QED) is 0.536. The highest BCUT2D eigenvalue weighted by molar-refractivity contribution is 7.89. The fourth-order valence-electron chi connectivity index (χ4n) is 4.52. The Labute approximate surface area is 192 Å². The van der Waals surface area contributed by atoms with Crippen molar-refractivity contribution in [2.75, 3.05) is 6.54 Å². The van der Waals surface area contributed by atoms with Gasteiger partial charge in [0.1, 0.15) is 0 Å². The maximum atomic E-state index is 13.3. The van der Waals surface area contributed by atoms with Crippen LogP contribution in [0.1, 0.15) is 32.9 Å². The minimum Gasteiger partial charge on any atom is -0.368 e. The molecule has 172 valence electrons. The average molecular weight is 467 g/mol.